The lowest BCUT2D eigenvalue weighted by Crippen LogP contribution is -2.37. The van der Waals surface area contributed by atoms with Crippen LogP contribution in [0, 0.1) is 0 Å². The summed E-state index contributed by atoms with van der Waals surface area (Å²) in [5.41, 5.74) is 1.20. The fourth-order valence-electron chi connectivity index (χ4n) is 3.26. The number of rotatable bonds is 8. The van der Waals surface area contributed by atoms with Crippen molar-refractivity contribution < 1.29 is 9.47 Å². The molecule has 0 radical (unpaired) electrons. The number of thioether (sulfide) groups is 1. The Morgan fingerprint density at radius 2 is 1.97 bits per heavy atom. The Labute approximate surface area is 184 Å². The lowest BCUT2D eigenvalue weighted by Gasteiger charge is -2.28. The van der Waals surface area contributed by atoms with Crippen LogP contribution in [0.5, 0.6) is 0 Å². The molecule has 1 saturated heterocycles. The monoisotopic (exact) mass is 449 g/mol. The Bertz CT molecular complexity index is 907. The Balaban J connectivity index is 1.40. The maximum absolute atomic E-state index is 6.44. The predicted octanol–water partition coefficient (Wildman–Crippen LogP) is 5.12. The molecule has 29 heavy (non-hydrogen) atoms. The van der Waals surface area contributed by atoms with Gasteiger partial charge in [-0.2, -0.15) is 0 Å². The minimum absolute atomic E-state index is 0.00813. The van der Waals surface area contributed by atoms with E-state index in [4.69, 9.17) is 32.7 Å². The van der Waals surface area contributed by atoms with Crippen molar-refractivity contribution in [1.82, 2.24) is 14.5 Å². The summed E-state index contributed by atoms with van der Waals surface area (Å²) in [6.45, 7) is 1.15. The first-order valence-corrected chi connectivity index (χ1v) is 11.1. The summed E-state index contributed by atoms with van der Waals surface area (Å²) < 4.78 is 14.7. The van der Waals surface area contributed by atoms with E-state index in [1.54, 1.807) is 30.5 Å². The van der Waals surface area contributed by atoms with E-state index in [0.29, 0.717) is 18.2 Å². The van der Waals surface area contributed by atoms with Crippen molar-refractivity contribution in [2.45, 2.75) is 36.3 Å². The number of imidazole rings is 1. The Kier molecular flexibility index (Phi) is 6.77. The molecular formula is C21H21Cl2N3O2S. The Morgan fingerprint density at radius 1 is 1.14 bits per heavy atom. The van der Waals surface area contributed by atoms with Gasteiger partial charge in [0.2, 0.25) is 0 Å². The first-order valence-electron chi connectivity index (χ1n) is 9.37. The van der Waals surface area contributed by atoms with E-state index < -0.39 is 5.79 Å². The molecule has 0 unspecified atom stereocenters. The largest absolute Gasteiger partial charge is 0.345 e. The molecule has 0 N–H and O–H groups in total. The van der Waals surface area contributed by atoms with Crippen molar-refractivity contribution >= 4 is 35.0 Å². The van der Waals surface area contributed by atoms with Gasteiger partial charge in [0.15, 0.2) is 5.79 Å². The van der Waals surface area contributed by atoms with Crippen LogP contribution in [0.1, 0.15) is 12.0 Å². The van der Waals surface area contributed by atoms with Crippen LogP contribution < -0.4 is 0 Å². The zero-order chi connectivity index (χ0) is 20.1. The molecule has 1 fully saturated rings. The average Bonchev–Trinajstić information content (AvgIpc) is 3.38. The minimum atomic E-state index is -0.682. The molecule has 5 nitrogen and oxygen atoms in total. The van der Waals surface area contributed by atoms with Crippen molar-refractivity contribution in [2.24, 2.45) is 0 Å². The summed E-state index contributed by atoms with van der Waals surface area (Å²) in [6.07, 6.45) is 8.71. The number of hydrogen-bond acceptors (Lipinski definition) is 5. The highest BCUT2D eigenvalue weighted by Gasteiger charge is 2.41. The molecule has 8 heteroatoms. The number of aryl methyl sites for hydroxylation is 1. The summed E-state index contributed by atoms with van der Waals surface area (Å²) in [4.78, 5) is 8.47. The maximum Gasteiger partial charge on any atom is 0.187 e. The third-order valence-corrected chi connectivity index (χ3v) is 6.27. The molecule has 3 heterocycles. The molecule has 2 aromatic heterocycles. The molecule has 152 valence electrons. The quantitative estimate of drug-likeness (QED) is 0.446. The van der Waals surface area contributed by atoms with Gasteiger partial charge in [-0.3, -0.25) is 0 Å². The number of nitrogens with zero attached hydrogens (tertiary/aromatic N) is 3. The van der Waals surface area contributed by atoms with E-state index >= 15 is 0 Å². The maximum atomic E-state index is 6.44. The third kappa shape index (κ3) is 5.74. The highest BCUT2D eigenvalue weighted by Crippen LogP contribution is 2.33. The summed E-state index contributed by atoms with van der Waals surface area (Å²) in [6, 6.07) is 11.7. The zero-order valence-corrected chi connectivity index (χ0v) is 18.0. The van der Waals surface area contributed by atoms with E-state index in [0.717, 1.165) is 28.6 Å². The smallest absolute Gasteiger partial charge is 0.187 e. The van der Waals surface area contributed by atoms with Gasteiger partial charge in [0.1, 0.15) is 0 Å². The first-order chi connectivity index (χ1) is 14.1. The normalized spacial score (nSPS) is 21.5. The van der Waals surface area contributed by atoms with Crippen molar-refractivity contribution in [3.63, 3.8) is 0 Å². The number of hydrogen-bond donors (Lipinski definition) is 0. The second kappa shape index (κ2) is 9.49. The predicted molar refractivity (Wildman–Crippen MR) is 116 cm³/mol. The Hall–Kier alpha value is -1.57. The van der Waals surface area contributed by atoms with Gasteiger partial charge in [0, 0.05) is 35.8 Å². The number of aromatic nitrogens is 3. The molecule has 2 atom stereocenters. The van der Waals surface area contributed by atoms with Gasteiger partial charge in [0.25, 0.3) is 0 Å². The van der Waals surface area contributed by atoms with Crippen LogP contribution in [0.3, 0.4) is 0 Å². The SMILES string of the molecule is Clc1ccc(CC[C@@]2(Cn3ccnc3)OC[C@@H](CSc3ccc(Cl)cn3)O2)cc1. The first kappa shape index (κ1) is 20.7. The molecule has 0 spiro atoms. The van der Waals surface area contributed by atoms with Crippen molar-refractivity contribution in [3.8, 4) is 0 Å². The topological polar surface area (TPSA) is 49.2 Å². The van der Waals surface area contributed by atoms with Gasteiger partial charge in [-0.15, -0.1) is 11.8 Å². The fraction of sp³-hybridized carbons (Fsp3) is 0.333. The number of benzene rings is 1. The van der Waals surface area contributed by atoms with Crippen LogP contribution in [-0.2, 0) is 22.4 Å². The average molecular weight is 450 g/mol. The summed E-state index contributed by atoms with van der Waals surface area (Å²) >= 11 is 13.5. The molecule has 1 aliphatic rings. The molecule has 0 aliphatic carbocycles. The summed E-state index contributed by atoms with van der Waals surface area (Å²) in [5, 5.41) is 2.30. The number of pyridine rings is 1. The third-order valence-electron chi connectivity index (χ3n) is 4.72. The van der Waals surface area contributed by atoms with Crippen molar-refractivity contribution in [2.75, 3.05) is 12.4 Å². The second-order valence-electron chi connectivity index (χ2n) is 6.95. The zero-order valence-electron chi connectivity index (χ0n) is 15.7. The van der Waals surface area contributed by atoms with Gasteiger partial charge in [-0.25, -0.2) is 9.97 Å². The molecule has 1 aliphatic heterocycles. The highest BCUT2D eigenvalue weighted by atomic mass is 35.5. The van der Waals surface area contributed by atoms with Crippen LogP contribution in [0.4, 0.5) is 0 Å². The van der Waals surface area contributed by atoms with E-state index in [9.17, 15) is 0 Å². The van der Waals surface area contributed by atoms with Crippen LogP contribution in [0.2, 0.25) is 10.0 Å². The number of ether oxygens (including phenoxy) is 2. The minimum Gasteiger partial charge on any atom is -0.345 e. The number of halogens is 2. The lowest BCUT2D eigenvalue weighted by molar-refractivity contribution is -0.180. The van der Waals surface area contributed by atoms with Gasteiger partial charge < -0.3 is 14.0 Å². The molecule has 0 bridgehead atoms. The molecule has 1 aromatic carbocycles. The van der Waals surface area contributed by atoms with Gasteiger partial charge in [-0.1, -0.05) is 35.3 Å². The summed E-state index contributed by atoms with van der Waals surface area (Å²) in [5.74, 6) is 0.0836. The van der Waals surface area contributed by atoms with Crippen LogP contribution in [0.25, 0.3) is 0 Å². The molecule has 0 amide bonds. The molecular weight excluding hydrogens is 429 g/mol. The van der Waals surface area contributed by atoms with Crippen LogP contribution >= 0.6 is 35.0 Å². The Morgan fingerprint density at radius 3 is 2.69 bits per heavy atom. The van der Waals surface area contributed by atoms with Gasteiger partial charge >= 0.3 is 0 Å². The van der Waals surface area contributed by atoms with E-state index in [1.807, 2.05) is 47.2 Å². The summed E-state index contributed by atoms with van der Waals surface area (Å²) in [7, 11) is 0. The second-order valence-corrected chi connectivity index (χ2v) is 8.86. The van der Waals surface area contributed by atoms with Crippen molar-refractivity contribution in [1.29, 1.82) is 0 Å². The van der Waals surface area contributed by atoms with E-state index in [1.165, 1.54) is 5.56 Å². The van der Waals surface area contributed by atoms with Crippen LogP contribution in [-0.4, -0.2) is 38.8 Å². The molecule has 0 saturated carbocycles. The van der Waals surface area contributed by atoms with Crippen molar-refractivity contribution in [3.05, 3.63) is 76.9 Å². The standard InChI is InChI=1S/C21H21Cl2N3O2S/c22-17-3-1-16(2-4-17)7-8-21(14-26-10-9-24-15-26)27-12-19(28-21)13-29-20-6-5-18(23)11-25-20/h1-6,9-11,15,19H,7-8,12-14H2/t19-,21+/m0/s1. The lowest BCUT2D eigenvalue weighted by atomic mass is 10.0. The van der Waals surface area contributed by atoms with E-state index in [-0.39, 0.29) is 6.10 Å². The van der Waals surface area contributed by atoms with E-state index in [2.05, 4.69) is 9.97 Å². The molecule has 3 aromatic rings. The van der Waals surface area contributed by atoms with Crippen LogP contribution in [0.15, 0.2) is 66.3 Å². The fourth-order valence-corrected chi connectivity index (χ4v) is 4.31. The van der Waals surface area contributed by atoms with Gasteiger partial charge in [0.05, 0.1) is 35.6 Å². The van der Waals surface area contributed by atoms with Gasteiger partial charge in [-0.05, 0) is 36.2 Å². The highest BCUT2D eigenvalue weighted by molar-refractivity contribution is 7.99. The molecule has 4 rings (SSSR count).